The van der Waals surface area contributed by atoms with Gasteiger partial charge in [0.2, 0.25) is 0 Å². The molecule has 0 heterocycles. The fourth-order valence-corrected chi connectivity index (χ4v) is 3.58. The third-order valence-corrected chi connectivity index (χ3v) is 5.54. The molecular weight excluding hydrogens is 438 g/mol. The molecule has 0 aliphatic heterocycles. The Balaban J connectivity index is 1.48. The largest absolute Gasteiger partial charge is 0.423 e. The minimum absolute atomic E-state index is 0.125. The normalized spacial score (nSPS) is 10.8. The van der Waals surface area contributed by atoms with E-state index in [1.54, 1.807) is 48.5 Å². The van der Waals surface area contributed by atoms with Crippen molar-refractivity contribution in [1.29, 1.82) is 0 Å². The van der Waals surface area contributed by atoms with E-state index < -0.39 is 23.6 Å². The van der Waals surface area contributed by atoms with Gasteiger partial charge >= 0.3 is 11.9 Å². The van der Waals surface area contributed by atoms with Gasteiger partial charge in [-0.3, -0.25) is 0 Å². The van der Waals surface area contributed by atoms with Gasteiger partial charge in [0.1, 0.15) is 23.1 Å². The highest BCUT2D eigenvalue weighted by Crippen LogP contribution is 2.26. The monoisotopic (exact) mass is 460 g/mol. The summed E-state index contributed by atoms with van der Waals surface area (Å²) in [6.45, 7) is 3.67. The Hall–Kier alpha value is -4.06. The maximum atomic E-state index is 14.0. The van der Waals surface area contributed by atoms with Gasteiger partial charge in [0.15, 0.2) is 0 Å². The molecule has 0 N–H and O–H groups in total. The number of carbonyl (C=O) groups excluding carboxylic acids is 2. The van der Waals surface area contributed by atoms with Gasteiger partial charge in [0.05, 0.1) is 11.1 Å². The average Bonchev–Trinajstić information content (AvgIpc) is 2.83. The van der Waals surface area contributed by atoms with Crippen molar-refractivity contribution < 1.29 is 27.8 Å². The molecule has 0 aliphatic rings. The van der Waals surface area contributed by atoms with E-state index in [1.807, 2.05) is 13.8 Å². The van der Waals surface area contributed by atoms with Crippen LogP contribution < -0.4 is 9.47 Å². The van der Waals surface area contributed by atoms with Crippen molar-refractivity contribution in [2.75, 3.05) is 0 Å². The third-order valence-electron chi connectivity index (χ3n) is 5.54. The van der Waals surface area contributed by atoms with Gasteiger partial charge in [-0.2, -0.15) is 0 Å². The van der Waals surface area contributed by atoms with Crippen LogP contribution in [-0.4, -0.2) is 11.9 Å². The van der Waals surface area contributed by atoms with Gasteiger partial charge in [-0.05, 0) is 83.3 Å². The topological polar surface area (TPSA) is 52.6 Å². The Morgan fingerprint density at radius 2 is 1.03 bits per heavy atom. The molecule has 0 bridgehead atoms. The lowest BCUT2D eigenvalue weighted by atomic mass is 10.1. The second-order valence-electron chi connectivity index (χ2n) is 7.77. The van der Waals surface area contributed by atoms with E-state index in [2.05, 4.69) is 0 Å². The molecule has 0 unspecified atom stereocenters. The van der Waals surface area contributed by atoms with E-state index in [4.69, 9.17) is 9.47 Å². The number of rotatable bonds is 6. The number of hydrogen-bond acceptors (Lipinski definition) is 4. The van der Waals surface area contributed by atoms with Gasteiger partial charge in [-0.25, -0.2) is 18.4 Å². The first-order valence-electron chi connectivity index (χ1n) is 10.9. The maximum absolute atomic E-state index is 14.0. The van der Waals surface area contributed by atoms with Gasteiger partial charge in [0, 0.05) is 0 Å². The molecule has 4 nitrogen and oxygen atoms in total. The average molecular weight is 460 g/mol. The maximum Gasteiger partial charge on any atom is 0.343 e. The fourth-order valence-electron chi connectivity index (χ4n) is 3.58. The molecule has 0 aromatic heterocycles. The molecule has 0 atom stereocenters. The van der Waals surface area contributed by atoms with Crippen molar-refractivity contribution in [3.05, 3.63) is 107 Å². The molecule has 0 spiro atoms. The Morgan fingerprint density at radius 1 is 0.618 bits per heavy atom. The summed E-state index contributed by atoms with van der Waals surface area (Å²) < 4.78 is 38.8. The summed E-state index contributed by atoms with van der Waals surface area (Å²) >= 11 is 0. The van der Waals surface area contributed by atoms with Crippen molar-refractivity contribution in [3.63, 3.8) is 0 Å². The lowest BCUT2D eigenvalue weighted by molar-refractivity contribution is 0.0724. The lowest BCUT2D eigenvalue weighted by Gasteiger charge is -2.09. The molecule has 4 aromatic carbocycles. The highest BCUT2D eigenvalue weighted by Gasteiger charge is 2.14. The van der Waals surface area contributed by atoms with Crippen molar-refractivity contribution in [3.8, 4) is 11.5 Å². The van der Waals surface area contributed by atoms with Crippen LogP contribution in [0.25, 0.3) is 10.8 Å². The molecule has 6 heteroatoms. The van der Waals surface area contributed by atoms with Crippen molar-refractivity contribution >= 4 is 22.7 Å². The van der Waals surface area contributed by atoms with Crippen LogP contribution in [0.1, 0.15) is 45.7 Å². The number of esters is 2. The predicted molar refractivity (Wildman–Crippen MR) is 125 cm³/mol. The fraction of sp³-hybridized carbons (Fsp3) is 0.143. The molecule has 172 valence electrons. The second kappa shape index (κ2) is 9.83. The summed E-state index contributed by atoms with van der Waals surface area (Å²) in [5.41, 5.74) is 1.31. The zero-order valence-corrected chi connectivity index (χ0v) is 18.7. The number of benzene rings is 4. The number of carbonyl (C=O) groups is 2. The number of fused-ring (bicyclic) bond motifs is 1. The zero-order chi connectivity index (χ0) is 24.2. The van der Waals surface area contributed by atoms with Crippen molar-refractivity contribution in [1.82, 2.24) is 0 Å². The van der Waals surface area contributed by atoms with E-state index >= 15 is 0 Å². The number of hydrogen-bond donors (Lipinski definition) is 0. The number of halogens is 2. The van der Waals surface area contributed by atoms with Gasteiger partial charge in [0.25, 0.3) is 0 Å². The predicted octanol–water partition coefficient (Wildman–Crippen LogP) is 6.68. The standard InChI is InChI=1S/C28H22F2O4/c1-3-17-5-7-21(15-25(17)29)27(31)33-23-11-9-20-14-24(12-10-19(20)13-23)34-28(32)22-8-6-18(4-2)26(30)16-22/h5-16H,3-4H2,1-2H3. The van der Waals surface area contributed by atoms with E-state index in [0.29, 0.717) is 35.5 Å². The molecule has 34 heavy (non-hydrogen) atoms. The molecule has 4 rings (SSSR count). The highest BCUT2D eigenvalue weighted by molar-refractivity contribution is 5.93. The molecule has 4 aromatic rings. The van der Waals surface area contributed by atoms with E-state index in [1.165, 1.54) is 24.3 Å². The van der Waals surface area contributed by atoms with Crippen LogP contribution in [0, 0.1) is 11.6 Å². The first-order valence-corrected chi connectivity index (χ1v) is 10.9. The zero-order valence-electron chi connectivity index (χ0n) is 18.7. The Kier molecular flexibility index (Phi) is 6.68. The van der Waals surface area contributed by atoms with Crippen LogP contribution in [0.3, 0.4) is 0 Å². The minimum atomic E-state index is -0.659. The molecule has 0 aliphatic carbocycles. The van der Waals surface area contributed by atoms with Crippen LogP contribution in [0.4, 0.5) is 8.78 Å². The van der Waals surface area contributed by atoms with Gasteiger partial charge < -0.3 is 9.47 Å². The molecule has 0 fully saturated rings. The third kappa shape index (κ3) is 4.96. The summed E-state index contributed by atoms with van der Waals surface area (Å²) in [5, 5.41) is 1.49. The van der Waals surface area contributed by atoms with Crippen LogP contribution in [-0.2, 0) is 12.8 Å². The minimum Gasteiger partial charge on any atom is -0.423 e. The second-order valence-corrected chi connectivity index (χ2v) is 7.77. The van der Waals surface area contributed by atoms with Crippen LogP contribution in [0.15, 0.2) is 72.8 Å². The summed E-state index contributed by atoms with van der Waals surface area (Å²) in [6, 6.07) is 18.5. The number of aryl methyl sites for hydroxylation is 2. The van der Waals surface area contributed by atoms with Crippen LogP contribution >= 0.6 is 0 Å². The van der Waals surface area contributed by atoms with Crippen molar-refractivity contribution in [2.45, 2.75) is 26.7 Å². The lowest BCUT2D eigenvalue weighted by Crippen LogP contribution is -2.09. The Bertz CT molecular complexity index is 1290. The van der Waals surface area contributed by atoms with E-state index in [9.17, 15) is 18.4 Å². The molecular formula is C28H22F2O4. The Morgan fingerprint density at radius 3 is 1.38 bits per heavy atom. The van der Waals surface area contributed by atoms with Crippen LogP contribution in [0.2, 0.25) is 0 Å². The van der Waals surface area contributed by atoms with Gasteiger partial charge in [-0.1, -0.05) is 38.1 Å². The first kappa shape index (κ1) is 23.1. The molecule has 0 amide bonds. The Labute approximate surface area is 195 Å². The molecule has 0 saturated carbocycles. The summed E-state index contributed by atoms with van der Waals surface area (Å²) in [4.78, 5) is 24.8. The van der Waals surface area contributed by atoms with Gasteiger partial charge in [-0.15, -0.1) is 0 Å². The highest BCUT2D eigenvalue weighted by atomic mass is 19.1. The van der Waals surface area contributed by atoms with E-state index in [-0.39, 0.29) is 11.1 Å². The molecule has 0 saturated heterocycles. The van der Waals surface area contributed by atoms with E-state index in [0.717, 1.165) is 10.8 Å². The summed E-state index contributed by atoms with van der Waals surface area (Å²) in [7, 11) is 0. The quantitative estimate of drug-likeness (QED) is 0.238. The SMILES string of the molecule is CCc1ccc(C(=O)Oc2ccc3cc(OC(=O)c4ccc(CC)c(F)c4)ccc3c2)cc1F. The summed E-state index contributed by atoms with van der Waals surface area (Å²) in [6.07, 6.45) is 1.07. The summed E-state index contributed by atoms with van der Waals surface area (Å²) in [5.74, 6) is -1.61. The van der Waals surface area contributed by atoms with Crippen LogP contribution in [0.5, 0.6) is 11.5 Å². The van der Waals surface area contributed by atoms with Crippen molar-refractivity contribution in [2.24, 2.45) is 0 Å². The number of ether oxygens (including phenoxy) is 2. The molecule has 0 radical (unpaired) electrons. The first-order chi connectivity index (χ1) is 16.4. The smallest absolute Gasteiger partial charge is 0.343 e.